The van der Waals surface area contributed by atoms with Gasteiger partial charge < -0.3 is 122 Å². The highest BCUT2D eigenvalue weighted by Crippen LogP contribution is 2.20. The molecule has 4 rings (SSSR count). The van der Waals surface area contributed by atoms with Crippen LogP contribution in [0.1, 0.15) is 101 Å². The van der Waals surface area contributed by atoms with E-state index < -0.39 is 244 Å². The van der Waals surface area contributed by atoms with Gasteiger partial charge in [0.05, 0.1) is 32.0 Å². The first-order valence-electron chi connectivity index (χ1n) is 34.0. The van der Waals surface area contributed by atoms with Crippen molar-refractivity contribution < 1.29 is 117 Å². The number of nitrogens with one attached hydrogen (secondary N) is 14. The van der Waals surface area contributed by atoms with Crippen molar-refractivity contribution in [1.82, 2.24) is 68.8 Å². The largest absolute Gasteiger partial charge is 0.508 e. The van der Waals surface area contributed by atoms with E-state index in [1.807, 2.05) is 23.5 Å². The number of hydrogen-bond acceptors (Lipinski definition) is 21. The van der Waals surface area contributed by atoms with Crippen molar-refractivity contribution in [2.75, 3.05) is 19.6 Å². The molecule has 0 saturated carbocycles. The summed E-state index contributed by atoms with van der Waals surface area (Å²) in [6.45, 7) is 1.48. The van der Waals surface area contributed by atoms with Crippen LogP contribution >= 0.6 is 0 Å². The van der Waals surface area contributed by atoms with E-state index >= 15 is 0 Å². The summed E-state index contributed by atoms with van der Waals surface area (Å²) >= 11 is 0. The highest BCUT2D eigenvalue weighted by Gasteiger charge is 2.37. The molecule has 1 aromatic heterocycles. The molecule has 0 aliphatic carbocycles. The Bertz CT molecular complexity index is 3950. The number of primary amides is 1. The quantitative estimate of drug-likeness (QED) is 0.0112. The molecule has 0 bridgehead atoms. The van der Waals surface area contributed by atoms with E-state index in [0.29, 0.717) is 0 Å². The lowest BCUT2D eigenvalue weighted by Crippen LogP contribution is -2.60. The minimum atomic E-state index is -2.01. The maximum atomic E-state index is 14.6. The number of carbonyl (C=O) groups is 17. The number of nitrogens with two attached hydrogens (primary N) is 3. The number of carbonyl (C=O) groups excluding carboxylic acids is 12. The Morgan fingerprint density at radius 3 is 1.28 bits per heavy atom. The smallest absolute Gasteiger partial charge is 0.326 e. The van der Waals surface area contributed by atoms with Crippen molar-refractivity contribution in [3.8, 4) is 11.5 Å². The molecular formula is C68H91N17O24. The van der Waals surface area contributed by atoms with Crippen molar-refractivity contribution in [3.05, 3.63) is 95.7 Å². The Kier molecular flexibility index (Phi) is 35.8. The van der Waals surface area contributed by atoms with Gasteiger partial charge in [0.25, 0.3) is 0 Å². The SMILES string of the molecule is CC(C)C[C@H](NC(=O)CNC(=O)[C@@H](N)Cc1c[nH]c2ccccc12)C(=O)N[C@@H](CC(=O)O)C(=O)N[C@@H](Cc1ccc(O)cc1)C(=O)N[C@@H](CCC(=O)O)C(=O)N[C@@H](CCCNC(=N)N)C(=O)NCC(=O)N[C@@H](CC(N)=O)C(=O)N[C@@H](Cc1ccc(O)cc1)C(=O)N[C@@H](CCC(=O)O)C(=O)N[C@@H](CCC(=O)O)C(=O)O. The Labute approximate surface area is 621 Å². The predicted molar refractivity (Wildman–Crippen MR) is 380 cm³/mol. The van der Waals surface area contributed by atoms with E-state index in [-0.39, 0.29) is 60.8 Å². The van der Waals surface area contributed by atoms with E-state index in [0.717, 1.165) is 16.5 Å². The van der Waals surface area contributed by atoms with Crippen LogP contribution < -0.4 is 81.0 Å². The molecule has 1 heterocycles. The number of phenols is 2. The number of H-pyrrole nitrogens is 1. The third kappa shape index (κ3) is 32.5. The molecule has 27 N–H and O–H groups in total. The van der Waals surface area contributed by atoms with Crippen LogP contribution in [0.3, 0.4) is 0 Å². The molecule has 0 fully saturated rings. The average Bonchev–Trinajstić information content (AvgIpc) is 1.74. The molecule has 0 aliphatic heterocycles. The number of aliphatic carboxylic acids is 5. The minimum Gasteiger partial charge on any atom is -0.508 e. The van der Waals surface area contributed by atoms with Gasteiger partial charge in [-0.15, -0.1) is 0 Å². The maximum Gasteiger partial charge on any atom is 0.326 e. The zero-order chi connectivity index (χ0) is 81.2. The van der Waals surface area contributed by atoms with E-state index in [4.69, 9.17) is 27.7 Å². The van der Waals surface area contributed by atoms with Gasteiger partial charge in [-0.25, -0.2) is 4.79 Å². The monoisotopic (exact) mass is 1530 g/mol. The van der Waals surface area contributed by atoms with Crippen molar-refractivity contribution >= 4 is 118 Å². The van der Waals surface area contributed by atoms with Gasteiger partial charge in [0.15, 0.2) is 5.96 Å². The number of carboxylic acids is 5. The lowest BCUT2D eigenvalue weighted by molar-refractivity contribution is -0.144. The molecule has 4 aromatic rings. The summed E-state index contributed by atoms with van der Waals surface area (Å²) in [7, 11) is 0. The van der Waals surface area contributed by atoms with Gasteiger partial charge >= 0.3 is 29.8 Å². The first-order chi connectivity index (χ1) is 51.4. The lowest BCUT2D eigenvalue weighted by Gasteiger charge is -2.27. The van der Waals surface area contributed by atoms with Gasteiger partial charge in [-0.2, -0.15) is 0 Å². The highest BCUT2D eigenvalue weighted by molar-refractivity contribution is 6.00. The summed E-state index contributed by atoms with van der Waals surface area (Å²) in [6.07, 6.45) is -6.38. The van der Waals surface area contributed by atoms with Crippen LogP contribution in [0.2, 0.25) is 0 Å². The van der Waals surface area contributed by atoms with Gasteiger partial charge in [0, 0.05) is 55.7 Å². The van der Waals surface area contributed by atoms with E-state index in [9.17, 15) is 112 Å². The summed E-state index contributed by atoms with van der Waals surface area (Å²) < 4.78 is 0. The summed E-state index contributed by atoms with van der Waals surface area (Å²) in [5, 5.41) is 104. The van der Waals surface area contributed by atoms with E-state index in [1.54, 1.807) is 26.1 Å². The van der Waals surface area contributed by atoms with Crippen LogP contribution in [0, 0.1) is 11.3 Å². The summed E-state index contributed by atoms with van der Waals surface area (Å²) in [5.74, 6) is -23.1. The van der Waals surface area contributed by atoms with Gasteiger partial charge in [0.2, 0.25) is 70.9 Å². The number of guanidine groups is 1. The molecule has 0 radical (unpaired) electrons. The standard InChI is InChI=1S/C68H91N17O24/c1-33(2)24-46(77-52(89)31-75-58(99)40(69)27-36-30-74-41-7-4-3-6-39(36)41)62(103)85-50(29-57(97)98)66(107)84-48(26-35-11-15-38(87)16-12-35)64(105)80-43(17-20-54(91)92)60(101)79-42(8-5-23-73-68(71)72)59(100)76-32-53(90)78-49(28-51(70)88)65(106)83-47(25-34-9-13-37(86)14-10-34)63(104)81-44(18-21-55(93)94)61(102)82-45(67(108)109)19-22-56(95)96/h3-4,6-7,9-16,30,33,40,42-50,74,86-87H,5,8,17-29,31-32,69H2,1-2H3,(H2,70,88)(H,75,99)(H,76,100)(H,77,89)(H,78,90)(H,79,101)(H,80,105)(H,81,104)(H,82,102)(H,83,106)(H,84,107)(H,85,103)(H,91,92)(H,93,94)(H,95,96)(H,97,98)(H,108,109)(H4,71,72,73)/t40-,42-,43-,44-,45-,46-,47-,48-,49-,50-/m0/s1. The number of benzene rings is 3. The van der Waals surface area contributed by atoms with Crippen molar-refractivity contribution in [3.63, 3.8) is 0 Å². The van der Waals surface area contributed by atoms with Gasteiger partial charge in [-0.3, -0.25) is 82.1 Å². The Morgan fingerprint density at radius 1 is 0.431 bits per heavy atom. The number of phenolic OH excluding ortho intramolecular Hbond substituents is 2. The van der Waals surface area contributed by atoms with E-state index in [1.165, 1.54) is 48.5 Å². The number of aromatic nitrogens is 1. The Balaban J connectivity index is 1.57. The number of para-hydroxylation sites is 1. The van der Waals surface area contributed by atoms with E-state index in [2.05, 4.69) is 63.5 Å². The molecule has 0 unspecified atom stereocenters. The molecule has 41 nitrogen and oxygen atoms in total. The van der Waals surface area contributed by atoms with Crippen LogP contribution in [0.15, 0.2) is 79.0 Å². The minimum absolute atomic E-state index is 0.0885. The predicted octanol–water partition coefficient (Wildman–Crippen LogP) is -5.13. The number of amides is 12. The molecule has 0 aliphatic rings. The highest BCUT2D eigenvalue weighted by atomic mass is 16.4. The van der Waals surface area contributed by atoms with Crippen LogP contribution in [-0.2, 0) is 101 Å². The zero-order valence-corrected chi connectivity index (χ0v) is 59.2. The number of hydrogen-bond donors (Lipinski definition) is 24. The number of fused-ring (bicyclic) bond motifs is 1. The summed E-state index contributed by atoms with van der Waals surface area (Å²) in [5.41, 5.74) is 19.0. The molecule has 3 aromatic carbocycles. The molecule has 41 heteroatoms. The summed E-state index contributed by atoms with van der Waals surface area (Å²) in [4.78, 5) is 228. The Hall–Kier alpha value is -13.0. The van der Waals surface area contributed by atoms with Crippen LogP contribution in [0.4, 0.5) is 0 Å². The fraction of sp³-hybridized carbons (Fsp3) is 0.441. The molecular weight excluding hydrogens is 1440 g/mol. The second kappa shape index (κ2) is 44.1. The molecule has 12 amide bonds. The van der Waals surface area contributed by atoms with Crippen molar-refractivity contribution in [2.24, 2.45) is 23.1 Å². The number of aromatic hydroxyl groups is 2. The fourth-order valence-electron chi connectivity index (χ4n) is 10.7. The number of aromatic amines is 1. The lowest BCUT2D eigenvalue weighted by atomic mass is 10.0. The third-order valence-electron chi connectivity index (χ3n) is 16.2. The van der Waals surface area contributed by atoms with Crippen LogP contribution in [0.5, 0.6) is 11.5 Å². The average molecular weight is 1530 g/mol. The summed E-state index contributed by atoms with van der Waals surface area (Å²) in [6, 6.07) is -0.304. The van der Waals surface area contributed by atoms with Gasteiger partial charge in [0.1, 0.15) is 65.9 Å². The normalized spacial score (nSPS) is 13.7. The second-order valence-electron chi connectivity index (χ2n) is 25.5. The molecule has 592 valence electrons. The van der Waals surface area contributed by atoms with Gasteiger partial charge in [-0.05, 0) is 97.9 Å². The topological polar surface area (TPSA) is 694 Å². The fourth-order valence-corrected chi connectivity index (χ4v) is 10.7. The first kappa shape index (κ1) is 88.4. The van der Waals surface area contributed by atoms with Gasteiger partial charge in [-0.1, -0.05) is 56.3 Å². The third-order valence-corrected chi connectivity index (χ3v) is 16.2. The van der Waals surface area contributed by atoms with Crippen molar-refractivity contribution in [2.45, 2.75) is 164 Å². The number of rotatable bonds is 48. The Morgan fingerprint density at radius 2 is 0.826 bits per heavy atom. The van der Waals surface area contributed by atoms with Crippen LogP contribution in [0.25, 0.3) is 10.9 Å². The zero-order valence-electron chi connectivity index (χ0n) is 59.2. The molecule has 0 saturated heterocycles. The van der Waals surface area contributed by atoms with Crippen molar-refractivity contribution in [1.29, 1.82) is 5.41 Å². The number of carboxylic acid groups (broad SMARTS) is 5. The second-order valence-corrected chi connectivity index (χ2v) is 25.5. The molecule has 10 atom stereocenters. The van der Waals surface area contributed by atoms with Crippen LogP contribution in [-0.4, -0.2) is 227 Å². The molecule has 109 heavy (non-hydrogen) atoms. The molecule has 0 spiro atoms. The first-order valence-corrected chi connectivity index (χ1v) is 34.0. The maximum absolute atomic E-state index is 14.6.